The van der Waals surface area contributed by atoms with Crippen molar-refractivity contribution in [2.45, 2.75) is 38.4 Å². The van der Waals surface area contributed by atoms with Crippen LogP contribution in [0.4, 0.5) is 30.5 Å². The normalized spacial score (nSPS) is 13.6. The van der Waals surface area contributed by atoms with Crippen LogP contribution in [0.15, 0.2) is 89.3 Å². The number of nitro groups is 1. The van der Waals surface area contributed by atoms with E-state index >= 15 is 0 Å². The zero-order valence-corrected chi connectivity index (χ0v) is 25.1. The summed E-state index contributed by atoms with van der Waals surface area (Å²) in [6, 6.07) is 17.2. The third-order valence-electron chi connectivity index (χ3n) is 6.98. The van der Waals surface area contributed by atoms with Gasteiger partial charge >= 0.3 is 6.18 Å². The predicted octanol–water partition coefficient (Wildman–Crippen LogP) is 7.39. The Kier molecular flexibility index (Phi) is 9.56. The van der Waals surface area contributed by atoms with Crippen molar-refractivity contribution in [3.8, 4) is 0 Å². The number of nitrogens with one attached hydrogen (secondary N) is 3. The number of nitrogens with zero attached hydrogens (tertiary/aromatic N) is 5. The summed E-state index contributed by atoms with van der Waals surface area (Å²) in [5.74, 6) is -0.544. The monoisotopic (exact) mass is 682 g/mol. The van der Waals surface area contributed by atoms with Crippen molar-refractivity contribution >= 4 is 44.7 Å². The van der Waals surface area contributed by atoms with E-state index in [-0.39, 0.29) is 28.5 Å². The lowest BCUT2D eigenvalue weighted by molar-refractivity contribution is -0.403. The van der Waals surface area contributed by atoms with Crippen molar-refractivity contribution in [3.05, 3.63) is 122 Å². The highest BCUT2D eigenvalue weighted by Gasteiger charge is 2.31. The number of H-pyrrole nitrogens is 1. The zero-order valence-electron chi connectivity index (χ0n) is 23.5. The Labute approximate surface area is 263 Å². The van der Waals surface area contributed by atoms with E-state index in [1.807, 2.05) is 24.3 Å². The highest BCUT2D eigenvalue weighted by Crippen LogP contribution is 2.35. The lowest BCUT2D eigenvalue weighted by Gasteiger charge is -2.28. The molecule has 0 spiro atoms. The molecule has 0 saturated carbocycles. The maximum atomic E-state index is 13.6. The van der Waals surface area contributed by atoms with E-state index in [1.54, 1.807) is 29.2 Å². The van der Waals surface area contributed by atoms with Gasteiger partial charge in [-0.25, -0.2) is 0 Å². The fourth-order valence-corrected chi connectivity index (χ4v) is 5.34. The van der Waals surface area contributed by atoms with Gasteiger partial charge in [0.25, 0.3) is 18.1 Å². The molecule has 3 N–H and O–H groups in total. The van der Waals surface area contributed by atoms with Crippen molar-refractivity contribution < 1.29 is 22.9 Å². The van der Waals surface area contributed by atoms with E-state index in [9.17, 15) is 28.1 Å². The number of hydrogen-bond donors (Lipinski definition) is 3. The van der Waals surface area contributed by atoms with Crippen molar-refractivity contribution in [2.24, 2.45) is 0 Å². The molecule has 0 atom stereocenters. The molecule has 3 aromatic carbocycles. The summed E-state index contributed by atoms with van der Waals surface area (Å²) in [6.07, 6.45) is 2.46. The van der Waals surface area contributed by atoms with Crippen LogP contribution >= 0.6 is 15.9 Å². The first kappa shape index (κ1) is 31.4. The number of aromatic amines is 1. The summed E-state index contributed by atoms with van der Waals surface area (Å²) in [5.41, 5.74) is 2.84. The fraction of sp³-hybridized carbons (Fsp3) is 0.200. The average Bonchev–Trinajstić information content (AvgIpc) is 3.52. The molecule has 0 aliphatic heterocycles. The molecular weight excluding hydrogens is 657 g/mol. The van der Waals surface area contributed by atoms with E-state index in [1.165, 1.54) is 11.6 Å². The van der Waals surface area contributed by atoms with Crippen LogP contribution in [0.25, 0.3) is 5.57 Å². The number of carbonyl (C=O) groups excluding carboxylic acids is 1. The van der Waals surface area contributed by atoms with E-state index in [0.717, 1.165) is 43.4 Å². The van der Waals surface area contributed by atoms with E-state index in [4.69, 9.17) is 0 Å². The van der Waals surface area contributed by atoms with Gasteiger partial charge in [-0.05, 0) is 90.1 Å². The SMILES string of the molecule is O=C(Nc1nn[nH]n1)c1ccc(CN(/C(=C\[N+](=O)[O-])Nc2cc(Br)cc(C(F)(F)F)c2)c2ccc(C3=CCCCC3)cc2)cc1. The minimum atomic E-state index is -4.63. The lowest BCUT2D eigenvalue weighted by Crippen LogP contribution is -2.28. The molecule has 4 aromatic rings. The van der Waals surface area contributed by atoms with Gasteiger partial charge < -0.3 is 10.2 Å². The van der Waals surface area contributed by atoms with Crippen LogP contribution in [-0.4, -0.2) is 31.5 Å². The van der Waals surface area contributed by atoms with Gasteiger partial charge in [-0.2, -0.15) is 18.4 Å². The molecule has 45 heavy (non-hydrogen) atoms. The number of halogens is 4. The zero-order chi connectivity index (χ0) is 32.0. The molecule has 0 saturated heterocycles. The summed E-state index contributed by atoms with van der Waals surface area (Å²) in [7, 11) is 0. The number of anilines is 3. The highest BCUT2D eigenvalue weighted by atomic mass is 79.9. The summed E-state index contributed by atoms with van der Waals surface area (Å²) in [6.45, 7) is 0.0710. The number of aromatic nitrogens is 4. The van der Waals surface area contributed by atoms with Crippen LogP contribution < -0.4 is 15.5 Å². The minimum Gasteiger partial charge on any atom is -0.336 e. The smallest absolute Gasteiger partial charge is 0.336 e. The first-order valence-electron chi connectivity index (χ1n) is 13.8. The number of rotatable bonds is 10. The molecule has 232 valence electrons. The lowest BCUT2D eigenvalue weighted by atomic mass is 9.93. The second-order valence-corrected chi connectivity index (χ2v) is 11.1. The summed E-state index contributed by atoms with van der Waals surface area (Å²) >= 11 is 3.11. The van der Waals surface area contributed by atoms with Gasteiger partial charge in [0.05, 0.1) is 10.5 Å². The van der Waals surface area contributed by atoms with Crippen molar-refractivity contribution in [1.82, 2.24) is 20.6 Å². The third kappa shape index (κ3) is 8.32. The number of tetrazole rings is 1. The van der Waals surface area contributed by atoms with Gasteiger partial charge in [0.2, 0.25) is 0 Å². The van der Waals surface area contributed by atoms with Crippen LogP contribution in [0.2, 0.25) is 0 Å². The number of alkyl halides is 3. The molecule has 1 aliphatic rings. The van der Waals surface area contributed by atoms with E-state index in [2.05, 4.69) is 53.3 Å². The summed E-state index contributed by atoms with van der Waals surface area (Å²) in [5, 5.41) is 30.1. The Morgan fingerprint density at radius 3 is 2.44 bits per heavy atom. The number of allylic oxidation sites excluding steroid dienone is 2. The molecule has 0 bridgehead atoms. The minimum absolute atomic E-state index is 0.00421. The number of hydrogen-bond acceptors (Lipinski definition) is 8. The van der Waals surface area contributed by atoms with Gasteiger partial charge in [0.1, 0.15) is 0 Å². The Morgan fingerprint density at radius 2 is 1.82 bits per heavy atom. The average molecular weight is 683 g/mol. The van der Waals surface area contributed by atoms with Crippen molar-refractivity contribution in [3.63, 3.8) is 0 Å². The molecule has 5 rings (SSSR count). The Hall–Kier alpha value is -5.05. The molecule has 1 aromatic heterocycles. The van der Waals surface area contributed by atoms with Crippen molar-refractivity contribution in [1.29, 1.82) is 0 Å². The van der Waals surface area contributed by atoms with Crippen LogP contribution in [0, 0.1) is 10.1 Å². The van der Waals surface area contributed by atoms with Gasteiger partial charge in [0.15, 0.2) is 5.82 Å². The van der Waals surface area contributed by atoms with E-state index in [0.29, 0.717) is 23.0 Å². The van der Waals surface area contributed by atoms with Gasteiger partial charge in [0, 0.05) is 28.0 Å². The van der Waals surface area contributed by atoms with Crippen LogP contribution in [0.5, 0.6) is 0 Å². The van der Waals surface area contributed by atoms with E-state index < -0.39 is 22.6 Å². The van der Waals surface area contributed by atoms with Gasteiger partial charge in [-0.1, -0.05) is 51.4 Å². The maximum absolute atomic E-state index is 13.6. The van der Waals surface area contributed by atoms with Gasteiger partial charge in [-0.3, -0.25) is 20.2 Å². The quantitative estimate of drug-likeness (QED) is 0.116. The largest absolute Gasteiger partial charge is 0.416 e. The number of amides is 1. The van der Waals surface area contributed by atoms with Crippen LogP contribution in [-0.2, 0) is 12.7 Å². The molecule has 1 amide bonds. The van der Waals surface area contributed by atoms with Gasteiger partial charge in [-0.15, -0.1) is 5.10 Å². The first-order valence-corrected chi connectivity index (χ1v) is 14.6. The molecule has 15 heteroatoms. The van der Waals surface area contributed by atoms with Crippen LogP contribution in [0.3, 0.4) is 0 Å². The first-order chi connectivity index (χ1) is 21.5. The molecule has 0 fully saturated rings. The standard InChI is InChI=1S/C30H26BrF3N8O3/c31-24-14-23(30(32,33)34)15-25(16-24)35-27(18-42(44)45)41(26-12-10-21(11-13-26)20-4-2-1-3-5-20)17-19-6-8-22(9-7-19)28(43)36-29-37-39-40-38-29/h4,6-16,18,35H,1-3,5,17H2,(H2,36,37,38,39,40,43)/b27-18-. The third-order valence-corrected chi connectivity index (χ3v) is 7.44. The Balaban J connectivity index is 1.49. The molecule has 0 radical (unpaired) electrons. The highest BCUT2D eigenvalue weighted by molar-refractivity contribution is 9.10. The fourth-order valence-electron chi connectivity index (χ4n) is 4.85. The Bertz CT molecular complexity index is 1720. The molecule has 0 unspecified atom stereocenters. The molecule has 1 heterocycles. The summed E-state index contributed by atoms with van der Waals surface area (Å²) in [4.78, 5) is 25.3. The van der Waals surface area contributed by atoms with Crippen LogP contribution in [0.1, 0.15) is 52.7 Å². The number of carbonyl (C=O) groups is 1. The predicted molar refractivity (Wildman–Crippen MR) is 165 cm³/mol. The molecule has 11 nitrogen and oxygen atoms in total. The second-order valence-electron chi connectivity index (χ2n) is 10.1. The molecular formula is C30H26BrF3N8O3. The Morgan fingerprint density at radius 1 is 1.07 bits per heavy atom. The maximum Gasteiger partial charge on any atom is 0.416 e. The topological polar surface area (TPSA) is 142 Å². The second kappa shape index (κ2) is 13.7. The summed E-state index contributed by atoms with van der Waals surface area (Å²) < 4.78 is 40.8. The molecule has 1 aliphatic carbocycles. The van der Waals surface area contributed by atoms with Crippen molar-refractivity contribution in [2.75, 3.05) is 15.5 Å². The number of benzene rings is 3.